The third kappa shape index (κ3) is 2.80. The molecule has 0 fully saturated rings. The molecule has 0 atom stereocenters. The van der Waals surface area contributed by atoms with Crippen LogP contribution >= 0.6 is 12.6 Å². The van der Waals surface area contributed by atoms with Crippen molar-refractivity contribution in [3.8, 4) is 0 Å². The Morgan fingerprint density at radius 2 is 2.27 bits per heavy atom. The highest BCUT2D eigenvalue weighted by molar-refractivity contribution is 7.80. The maximum absolute atomic E-state index is 4.49. The Bertz CT molecular complexity index is 229. The number of anilines is 1. The van der Waals surface area contributed by atoms with Crippen LogP contribution in [0.1, 0.15) is 0 Å². The third-order valence-corrected chi connectivity index (χ3v) is 1.37. The second-order valence-corrected chi connectivity index (χ2v) is 2.42. The molecular formula is C7H9NO2S. The lowest BCUT2D eigenvalue weighted by atomic mass is 10.3. The van der Waals surface area contributed by atoms with Gasteiger partial charge in [0.25, 0.3) is 0 Å². The molecule has 4 heteroatoms. The van der Waals surface area contributed by atoms with Crippen molar-refractivity contribution in [1.29, 1.82) is 0 Å². The molecule has 0 amide bonds. The molecule has 3 nitrogen and oxygen atoms in total. The summed E-state index contributed by atoms with van der Waals surface area (Å²) >= 11 is 4.14. The Kier molecular flexibility index (Phi) is 3.22. The number of thiol groups is 1. The van der Waals surface area contributed by atoms with E-state index < -0.39 is 0 Å². The lowest BCUT2D eigenvalue weighted by molar-refractivity contribution is -0.248. The van der Waals surface area contributed by atoms with Gasteiger partial charge in [0.05, 0.1) is 12.8 Å². The van der Waals surface area contributed by atoms with Crippen LogP contribution in [0.25, 0.3) is 0 Å². The Morgan fingerprint density at radius 1 is 1.45 bits per heavy atom. The maximum atomic E-state index is 4.49. The molecule has 1 N–H and O–H groups in total. The van der Waals surface area contributed by atoms with E-state index in [1.165, 1.54) is 7.11 Å². The van der Waals surface area contributed by atoms with Crippen molar-refractivity contribution in [2.24, 2.45) is 0 Å². The van der Waals surface area contributed by atoms with Crippen LogP contribution in [0.2, 0.25) is 0 Å². The zero-order valence-corrected chi connectivity index (χ0v) is 6.97. The molecule has 0 bridgehead atoms. The molecule has 0 aromatic heterocycles. The van der Waals surface area contributed by atoms with Crippen molar-refractivity contribution in [3.05, 3.63) is 24.3 Å². The average Bonchev–Trinajstić information content (AvgIpc) is 2.01. The summed E-state index contributed by atoms with van der Waals surface area (Å²) in [5, 5.41) is 0. The molecule has 0 unspecified atom stereocenters. The summed E-state index contributed by atoms with van der Waals surface area (Å²) in [6, 6.07) is 7.41. The second-order valence-electron chi connectivity index (χ2n) is 1.90. The van der Waals surface area contributed by atoms with E-state index in [0.29, 0.717) is 0 Å². The fourth-order valence-electron chi connectivity index (χ4n) is 0.659. The molecule has 0 aliphatic rings. The molecule has 0 saturated carbocycles. The number of benzene rings is 1. The Morgan fingerprint density at radius 3 is 2.91 bits per heavy atom. The molecular weight excluding hydrogens is 162 g/mol. The van der Waals surface area contributed by atoms with Gasteiger partial charge in [-0.25, -0.2) is 10.4 Å². The molecule has 0 aliphatic heterocycles. The summed E-state index contributed by atoms with van der Waals surface area (Å²) < 4.78 is 0. The fraction of sp³-hybridized carbons (Fsp3) is 0.143. The predicted octanol–water partition coefficient (Wildman–Crippen LogP) is 1.88. The molecule has 11 heavy (non-hydrogen) atoms. The normalized spacial score (nSPS) is 9.64. The maximum Gasteiger partial charge on any atom is 0.0738 e. The van der Waals surface area contributed by atoms with Crippen molar-refractivity contribution >= 4 is 18.3 Å². The van der Waals surface area contributed by atoms with Crippen LogP contribution in [-0.2, 0) is 9.88 Å². The van der Waals surface area contributed by atoms with Gasteiger partial charge in [0.15, 0.2) is 0 Å². The Hall–Kier alpha value is -0.710. The highest BCUT2D eigenvalue weighted by atomic mass is 32.1. The van der Waals surface area contributed by atoms with E-state index in [1.54, 1.807) is 0 Å². The van der Waals surface area contributed by atoms with E-state index in [2.05, 4.69) is 28.0 Å². The van der Waals surface area contributed by atoms with Gasteiger partial charge >= 0.3 is 0 Å². The van der Waals surface area contributed by atoms with Gasteiger partial charge in [-0.2, -0.15) is 0 Å². The molecule has 1 aromatic carbocycles. The predicted molar refractivity (Wildman–Crippen MR) is 45.4 cm³/mol. The fourth-order valence-corrected chi connectivity index (χ4v) is 0.884. The second kappa shape index (κ2) is 4.23. The van der Waals surface area contributed by atoms with Crippen LogP contribution in [0, 0.1) is 0 Å². The topological polar surface area (TPSA) is 30.5 Å². The minimum Gasteiger partial charge on any atom is -0.235 e. The van der Waals surface area contributed by atoms with Crippen LogP contribution in [0.4, 0.5) is 5.69 Å². The third-order valence-electron chi connectivity index (χ3n) is 1.09. The van der Waals surface area contributed by atoms with E-state index >= 15 is 0 Å². The van der Waals surface area contributed by atoms with Gasteiger partial charge in [0.2, 0.25) is 0 Å². The van der Waals surface area contributed by atoms with Gasteiger partial charge in [-0.1, -0.05) is 6.07 Å². The van der Waals surface area contributed by atoms with Crippen LogP contribution in [-0.4, -0.2) is 7.11 Å². The van der Waals surface area contributed by atoms with Gasteiger partial charge in [-0.3, -0.25) is 0 Å². The standard InChI is InChI=1S/C7H9NO2S/c1-9-10-8-6-3-2-4-7(11)5-6/h2-5,8,11H,1H3. The van der Waals surface area contributed by atoms with E-state index in [1.807, 2.05) is 24.3 Å². The first kappa shape index (κ1) is 8.39. The highest BCUT2D eigenvalue weighted by Gasteiger charge is 1.90. The number of hydrogen-bond donors (Lipinski definition) is 2. The van der Waals surface area contributed by atoms with Crippen LogP contribution < -0.4 is 5.48 Å². The zero-order chi connectivity index (χ0) is 8.10. The van der Waals surface area contributed by atoms with Gasteiger partial charge in [0.1, 0.15) is 0 Å². The average molecular weight is 171 g/mol. The number of nitrogens with one attached hydrogen (secondary N) is 1. The van der Waals surface area contributed by atoms with Crippen molar-refractivity contribution in [2.45, 2.75) is 4.90 Å². The van der Waals surface area contributed by atoms with E-state index in [4.69, 9.17) is 0 Å². The summed E-state index contributed by atoms with van der Waals surface area (Å²) in [5.41, 5.74) is 3.37. The summed E-state index contributed by atoms with van der Waals surface area (Å²) in [7, 11) is 1.43. The zero-order valence-electron chi connectivity index (χ0n) is 6.07. The molecule has 1 aromatic rings. The molecule has 0 aliphatic carbocycles. The van der Waals surface area contributed by atoms with Crippen molar-refractivity contribution < 1.29 is 9.88 Å². The van der Waals surface area contributed by atoms with Gasteiger partial charge in [-0.05, 0) is 18.2 Å². The number of hydrogen-bond acceptors (Lipinski definition) is 4. The monoisotopic (exact) mass is 171 g/mol. The first-order valence-corrected chi connectivity index (χ1v) is 3.52. The van der Waals surface area contributed by atoms with Crippen LogP contribution in [0.5, 0.6) is 0 Å². The van der Waals surface area contributed by atoms with E-state index in [0.717, 1.165) is 10.6 Å². The van der Waals surface area contributed by atoms with E-state index in [9.17, 15) is 0 Å². The lowest BCUT2D eigenvalue weighted by Gasteiger charge is -2.02. The SMILES string of the molecule is COONc1cccc(S)c1. The summed E-state index contributed by atoms with van der Waals surface area (Å²) in [6.45, 7) is 0. The van der Waals surface area contributed by atoms with Crippen LogP contribution in [0.15, 0.2) is 29.2 Å². The van der Waals surface area contributed by atoms with E-state index in [-0.39, 0.29) is 0 Å². The number of rotatable bonds is 3. The largest absolute Gasteiger partial charge is 0.235 e. The van der Waals surface area contributed by atoms with Gasteiger partial charge < -0.3 is 0 Å². The van der Waals surface area contributed by atoms with Crippen molar-refractivity contribution in [2.75, 3.05) is 12.6 Å². The molecule has 0 spiro atoms. The summed E-state index contributed by atoms with van der Waals surface area (Å²) in [5.74, 6) is 0. The summed E-state index contributed by atoms with van der Waals surface area (Å²) in [6.07, 6.45) is 0. The summed E-state index contributed by atoms with van der Waals surface area (Å²) in [4.78, 5) is 9.71. The van der Waals surface area contributed by atoms with Crippen LogP contribution in [0.3, 0.4) is 0 Å². The van der Waals surface area contributed by atoms with Crippen molar-refractivity contribution in [3.63, 3.8) is 0 Å². The highest BCUT2D eigenvalue weighted by Crippen LogP contribution is 2.12. The molecule has 0 heterocycles. The first-order valence-electron chi connectivity index (χ1n) is 3.07. The smallest absolute Gasteiger partial charge is 0.0738 e. The Labute approximate surface area is 70.6 Å². The van der Waals surface area contributed by atoms with Gasteiger partial charge in [0, 0.05) is 4.90 Å². The first-order chi connectivity index (χ1) is 5.33. The molecule has 0 saturated heterocycles. The molecule has 1 rings (SSSR count). The van der Waals surface area contributed by atoms with Gasteiger partial charge in [-0.15, -0.1) is 17.6 Å². The molecule has 60 valence electrons. The van der Waals surface area contributed by atoms with Crippen molar-refractivity contribution in [1.82, 2.24) is 0 Å². The quantitative estimate of drug-likeness (QED) is 0.413. The lowest BCUT2D eigenvalue weighted by Crippen LogP contribution is -1.98. The minimum atomic E-state index is 0.805. The molecule has 0 radical (unpaired) electrons. The minimum absolute atomic E-state index is 0.805. The Balaban J connectivity index is 2.56.